The molecule has 3 aromatic heterocycles. The maximum Gasteiger partial charge on any atom is 0.354 e. The Morgan fingerprint density at radius 1 is 0.273 bits per heavy atom. The van der Waals surface area contributed by atoms with E-state index in [2.05, 4.69) is 131 Å². The molecule has 0 unspecified atom stereocenters. The van der Waals surface area contributed by atoms with E-state index in [1.807, 2.05) is 66.9 Å². The normalized spacial score (nSPS) is 11.0. The van der Waals surface area contributed by atoms with Gasteiger partial charge in [0.2, 0.25) is 0 Å². The molecular formula is C59H39N3O4. The fraction of sp³-hybridized carbons (Fsp3) is 0. The molecule has 0 bridgehead atoms. The van der Waals surface area contributed by atoms with Gasteiger partial charge in [-0.1, -0.05) is 170 Å². The summed E-state index contributed by atoms with van der Waals surface area (Å²) in [5.74, 6) is -2.18. The highest BCUT2D eigenvalue weighted by Gasteiger charge is 2.19. The van der Waals surface area contributed by atoms with Crippen LogP contribution in [0.5, 0.6) is 0 Å². The Hall–Kier alpha value is -9.07. The van der Waals surface area contributed by atoms with E-state index in [1.54, 1.807) is 24.5 Å². The van der Waals surface area contributed by atoms with Gasteiger partial charge in [0.15, 0.2) is 0 Å². The molecule has 0 spiro atoms. The lowest BCUT2D eigenvalue weighted by Gasteiger charge is -2.19. The minimum atomic E-state index is -1.09. The van der Waals surface area contributed by atoms with Crippen molar-refractivity contribution in [2.75, 3.05) is 0 Å². The van der Waals surface area contributed by atoms with Crippen LogP contribution < -0.4 is 0 Å². The number of benzene rings is 7. The van der Waals surface area contributed by atoms with Gasteiger partial charge < -0.3 is 10.2 Å². The van der Waals surface area contributed by atoms with Crippen molar-refractivity contribution >= 4 is 11.9 Å². The summed E-state index contributed by atoms with van der Waals surface area (Å²) in [7, 11) is 0. The zero-order valence-corrected chi connectivity index (χ0v) is 35.4. The molecule has 0 aliphatic heterocycles. The van der Waals surface area contributed by atoms with E-state index in [0.717, 1.165) is 100 Å². The first-order valence-electron chi connectivity index (χ1n) is 21.4. The highest BCUT2D eigenvalue weighted by atomic mass is 16.4. The fourth-order valence-corrected chi connectivity index (χ4v) is 8.54. The fourth-order valence-electron chi connectivity index (χ4n) is 8.54. The predicted octanol–water partition coefficient (Wildman–Crippen LogP) is 14.3. The largest absolute Gasteiger partial charge is 0.477 e. The molecule has 66 heavy (non-hydrogen) atoms. The molecular weight excluding hydrogens is 815 g/mol. The average molecular weight is 854 g/mol. The molecule has 0 fully saturated rings. The van der Waals surface area contributed by atoms with E-state index >= 15 is 0 Å². The third kappa shape index (κ3) is 8.28. The maximum absolute atomic E-state index is 11.7. The second-order valence-corrected chi connectivity index (χ2v) is 15.8. The number of carboxylic acids is 2. The number of hydrogen-bond acceptors (Lipinski definition) is 5. The Morgan fingerprint density at radius 2 is 0.636 bits per heavy atom. The lowest BCUT2D eigenvalue weighted by molar-refractivity contribution is 0.0680. The second kappa shape index (κ2) is 18.0. The second-order valence-electron chi connectivity index (χ2n) is 15.8. The number of aromatic carboxylic acids is 2. The summed E-state index contributed by atoms with van der Waals surface area (Å²) in [6.07, 6.45) is 5.19. The van der Waals surface area contributed by atoms with Crippen molar-refractivity contribution in [3.63, 3.8) is 0 Å². The summed E-state index contributed by atoms with van der Waals surface area (Å²) in [6, 6.07) is 69.2. The van der Waals surface area contributed by atoms with Crippen molar-refractivity contribution in [3.05, 3.63) is 236 Å². The molecule has 0 saturated heterocycles. The van der Waals surface area contributed by atoms with E-state index < -0.39 is 11.9 Å². The summed E-state index contributed by atoms with van der Waals surface area (Å²) in [6.45, 7) is 0. The molecule has 314 valence electrons. The molecule has 0 aliphatic carbocycles. The van der Waals surface area contributed by atoms with Crippen LogP contribution in [-0.2, 0) is 0 Å². The van der Waals surface area contributed by atoms with Gasteiger partial charge in [0.25, 0.3) is 0 Å². The molecule has 10 aromatic rings. The van der Waals surface area contributed by atoms with Gasteiger partial charge in [-0.15, -0.1) is 0 Å². The first-order chi connectivity index (χ1) is 32.4. The van der Waals surface area contributed by atoms with Crippen molar-refractivity contribution in [1.82, 2.24) is 15.0 Å². The molecule has 7 heteroatoms. The summed E-state index contributed by atoms with van der Waals surface area (Å²) in [5.41, 5.74) is 17.2. The third-order valence-electron chi connectivity index (χ3n) is 11.8. The van der Waals surface area contributed by atoms with E-state index in [1.165, 1.54) is 12.1 Å². The quantitative estimate of drug-likeness (QED) is 0.133. The summed E-state index contributed by atoms with van der Waals surface area (Å²) < 4.78 is 0. The summed E-state index contributed by atoms with van der Waals surface area (Å²) in [4.78, 5) is 37.1. The first-order valence-corrected chi connectivity index (χ1v) is 21.4. The third-order valence-corrected chi connectivity index (χ3v) is 11.8. The number of pyridine rings is 3. The topological polar surface area (TPSA) is 113 Å². The van der Waals surface area contributed by atoms with E-state index in [9.17, 15) is 19.8 Å². The van der Waals surface area contributed by atoms with Gasteiger partial charge in [-0.05, 0) is 109 Å². The Bertz CT molecular complexity index is 3270. The average Bonchev–Trinajstić information content (AvgIpc) is 3.39. The Balaban J connectivity index is 1.18. The van der Waals surface area contributed by atoms with Crippen LogP contribution in [0.25, 0.3) is 100 Å². The van der Waals surface area contributed by atoms with Gasteiger partial charge in [0.05, 0.1) is 5.69 Å². The van der Waals surface area contributed by atoms with Crippen LogP contribution in [0.1, 0.15) is 21.0 Å². The van der Waals surface area contributed by atoms with E-state index in [0.29, 0.717) is 0 Å². The Morgan fingerprint density at radius 3 is 1.08 bits per heavy atom. The smallest absolute Gasteiger partial charge is 0.354 e. The van der Waals surface area contributed by atoms with Crippen molar-refractivity contribution in [3.8, 4) is 100 Å². The summed E-state index contributed by atoms with van der Waals surface area (Å²) in [5, 5.41) is 19.2. The standard InChI is InChI=1S/C59H39N3O4/c63-58(64)55-29-27-42(35-60-55)47-17-7-9-19-49(47)44-31-45(50-20-10-8-18-48(50)43-28-30-56(59(65)66)61-36-43)33-46(32-44)51-21-11-12-22-52(51)54-37-62-57(41-15-5-2-6-16-41)34-53(54)40-25-23-39(24-26-40)38-13-3-1-4-14-38/h1-37H,(H,63,64)(H,65,66). The molecule has 0 aliphatic rings. The van der Waals surface area contributed by atoms with Crippen molar-refractivity contribution in [2.45, 2.75) is 0 Å². The number of hydrogen-bond donors (Lipinski definition) is 2. The van der Waals surface area contributed by atoms with Crippen LogP contribution in [0.15, 0.2) is 225 Å². The Labute approximate surface area is 381 Å². The molecule has 2 N–H and O–H groups in total. The van der Waals surface area contributed by atoms with Gasteiger partial charge in [0, 0.05) is 40.8 Å². The SMILES string of the molecule is O=C(O)c1ccc(-c2ccccc2-c2cc(-c3ccccc3-c3ccc(C(=O)O)nc3)cc(-c3ccccc3-c3cnc(-c4ccccc4)cc3-c3ccc(-c4ccccc4)cc3)c2)cn1. The molecule has 0 radical (unpaired) electrons. The molecule has 7 aromatic carbocycles. The molecule has 0 amide bonds. The maximum atomic E-state index is 11.7. The minimum Gasteiger partial charge on any atom is -0.477 e. The minimum absolute atomic E-state index is 0.0302. The van der Waals surface area contributed by atoms with Crippen LogP contribution in [0, 0.1) is 0 Å². The van der Waals surface area contributed by atoms with Crippen molar-refractivity contribution in [2.24, 2.45) is 0 Å². The zero-order chi connectivity index (χ0) is 45.0. The molecule has 7 nitrogen and oxygen atoms in total. The molecule has 0 atom stereocenters. The van der Waals surface area contributed by atoms with Gasteiger partial charge in [-0.2, -0.15) is 0 Å². The monoisotopic (exact) mass is 853 g/mol. The van der Waals surface area contributed by atoms with Crippen LogP contribution in [0.3, 0.4) is 0 Å². The number of rotatable bonds is 11. The molecule has 0 saturated carbocycles. The van der Waals surface area contributed by atoms with Crippen LogP contribution in [-0.4, -0.2) is 37.1 Å². The van der Waals surface area contributed by atoms with Gasteiger partial charge in [0.1, 0.15) is 11.4 Å². The van der Waals surface area contributed by atoms with Gasteiger partial charge >= 0.3 is 11.9 Å². The van der Waals surface area contributed by atoms with E-state index in [-0.39, 0.29) is 11.4 Å². The van der Waals surface area contributed by atoms with Crippen molar-refractivity contribution < 1.29 is 19.8 Å². The number of aromatic nitrogens is 3. The highest BCUT2D eigenvalue weighted by Crippen LogP contribution is 2.44. The lowest BCUT2D eigenvalue weighted by atomic mass is 9.85. The zero-order valence-electron chi connectivity index (χ0n) is 35.4. The number of carboxylic acid groups (broad SMARTS) is 2. The van der Waals surface area contributed by atoms with Crippen LogP contribution >= 0.6 is 0 Å². The number of carbonyl (C=O) groups is 2. The van der Waals surface area contributed by atoms with Crippen LogP contribution in [0.2, 0.25) is 0 Å². The first kappa shape index (κ1) is 41.0. The highest BCUT2D eigenvalue weighted by molar-refractivity contribution is 5.97. The Kier molecular flexibility index (Phi) is 11.1. The van der Waals surface area contributed by atoms with Crippen molar-refractivity contribution in [1.29, 1.82) is 0 Å². The molecule has 10 rings (SSSR count). The predicted molar refractivity (Wildman–Crippen MR) is 263 cm³/mol. The van der Waals surface area contributed by atoms with Gasteiger partial charge in [-0.25, -0.2) is 19.6 Å². The number of nitrogens with zero attached hydrogens (tertiary/aromatic N) is 3. The van der Waals surface area contributed by atoms with E-state index in [4.69, 9.17) is 4.98 Å². The van der Waals surface area contributed by atoms with Crippen LogP contribution in [0.4, 0.5) is 0 Å². The lowest BCUT2D eigenvalue weighted by Crippen LogP contribution is -1.99. The summed E-state index contributed by atoms with van der Waals surface area (Å²) >= 11 is 0. The van der Waals surface area contributed by atoms with Gasteiger partial charge in [-0.3, -0.25) is 4.98 Å². The molecule has 3 heterocycles.